The van der Waals surface area contributed by atoms with Crippen LogP contribution in [-0.2, 0) is 4.79 Å². The molecule has 0 saturated carbocycles. The zero-order chi connectivity index (χ0) is 19.8. The summed E-state index contributed by atoms with van der Waals surface area (Å²) < 4.78 is 0. The predicted octanol–water partition coefficient (Wildman–Crippen LogP) is 3.96. The Morgan fingerprint density at radius 1 is 1.25 bits per heavy atom. The van der Waals surface area contributed by atoms with E-state index in [0.29, 0.717) is 36.1 Å². The molecule has 1 aromatic heterocycles. The van der Waals surface area contributed by atoms with Crippen LogP contribution < -0.4 is 10.6 Å². The molecular weight excluding hydrogens is 376 g/mol. The molecule has 7 nitrogen and oxygen atoms in total. The van der Waals surface area contributed by atoms with Crippen LogP contribution in [0.3, 0.4) is 0 Å². The number of non-ortho nitro benzene ring substituents is 1. The summed E-state index contributed by atoms with van der Waals surface area (Å²) >= 11 is 1.49. The second-order valence-corrected chi connectivity index (χ2v) is 7.58. The van der Waals surface area contributed by atoms with Crippen molar-refractivity contribution in [2.45, 2.75) is 25.2 Å². The summed E-state index contributed by atoms with van der Waals surface area (Å²) in [6.07, 6.45) is 1.79. The van der Waals surface area contributed by atoms with E-state index in [2.05, 4.69) is 6.07 Å². The lowest BCUT2D eigenvalue weighted by Gasteiger charge is -2.39. The normalized spacial score (nSPS) is 19.5. The smallest absolute Gasteiger partial charge is 0.269 e. The molecule has 8 heteroatoms. The van der Waals surface area contributed by atoms with Gasteiger partial charge in [-0.2, -0.15) is 5.26 Å². The van der Waals surface area contributed by atoms with Crippen LogP contribution in [0.4, 0.5) is 11.4 Å². The Morgan fingerprint density at radius 2 is 2.00 bits per heavy atom. The summed E-state index contributed by atoms with van der Waals surface area (Å²) in [4.78, 5) is 26.0. The molecule has 1 atom stereocenters. The van der Waals surface area contributed by atoms with E-state index < -0.39 is 10.8 Å². The number of nitrogens with two attached hydrogens (primary N) is 1. The summed E-state index contributed by atoms with van der Waals surface area (Å²) in [5, 5.41) is 22.7. The van der Waals surface area contributed by atoms with E-state index in [0.717, 1.165) is 10.6 Å². The van der Waals surface area contributed by atoms with Gasteiger partial charge in [0.2, 0.25) is 0 Å². The topological polar surface area (TPSA) is 113 Å². The highest BCUT2D eigenvalue weighted by molar-refractivity contribution is 7.10. The lowest BCUT2D eigenvalue weighted by Crippen LogP contribution is -2.38. The summed E-state index contributed by atoms with van der Waals surface area (Å²) in [5.74, 6) is -0.169. The van der Waals surface area contributed by atoms with Gasteiger partial charge in [-0.1, -0.05) is 6.07 Å². The van der Waals surface area contributed by atoms with Crippen molar-refractivity contribution in [2.24, 2.45) is 5.73 Å². The number of nitro groups is 1. The fraction of sp³-hybridized carbons (Fsp3) is 0.200. The number of hydrogen-bond acceptors (Lipinski definition) is 7. The lowest BCUT2D eigenvalue weighted by molar-refractivity contribution is -0.384. The maximum absolute atomic E-state index is 12.9. The molecule has 0 fully saturated rings. The first-order chi connectivity index (χ1) is 13.5. The molecule has 28 heavy (non-hydrogen) atoms. The molecule has 2 N–H and O–H groups in total. The Balaban J connectivity index is 1.91. The van der Waals surface area contributed by atoms with Gasteiger partial charge in [0.15, 0.2) is 5.78 Å². The molecule has 0 saturated heterocycles. The number of anilines is 1. The first kappa shape index (κ1) is 17.9. The number of benzene rings is 1. The molecule has 1 aliphatic carbocycles. The van der Waals surface area contributed by atoms with Crippen molar-refractivity contribution in [1.82, 2.24) is 0 Å². The second kappa shape index (κ2) is 6.94. The zero-order valence-electron chi connectivity index (χ0n) is 14.8. The van der Waals surface area contributed by atoms with Gasteiger partial charge >= 0.3 is 0 Å². The molecule has 2 aliphatic rings. The van der Waals surface area contributed by atoms with Crippen LogP contribution >= 0.6 is 11.3 Å². The molecule has 0 spiro atoms. The third-order valence-corrected chi connectivity index (χ3v) is 6.00. The van der Waals surface area contributed by atoms with E-state index in [1.807, 2.05) is 17.5 Å². The number of nitro benzene ring substituents is 1. The zero-order valence-corrected chi connectivity index (χ0v) is 15.6. The van der Waals surface area contributed by atoms with Crippen molar-refractivity contribution in [3.8, 4) is 6.07 Å². The minimum Gasteiger partial charge on any atom is -0.384 e. The predicted molar refractivity (Wildman–Crippen MR) is 105 cm³/mol. The monoisotopic (exact) mass is 392 g/mol. The minimum atomic E-state index is -0.471. The molecule has 0 radical (unpaired) electrons. The van der Waals surface area contributed by atoms with Gasteiger partial charge in [0.1, 0.15) is 5.82 Å². The average Bonchev–Trinajstić information content (AvgIpc) is 3.22. The molecule has 1 aliphatic heterocycles. The van der Waals surface area contributed by atoms with Crippen LogP contribution in [0.5, 0.6) is 0 Å². The molecule has 0 amide bonds. The van der Waals surface area contributed by atoms with E-state index in [1.165, 1.54) is 23.5 Å². The molecule has 0 bridgehead atoms. The van der Waals surface area contributed by atoms with Crippen LogP contribution in [0, 0.1) is 21.4 Å². The minimum absolute atomic E-state index is 0.0202. The molecule has 2 heterocycles. The Bertz CT molecular complexity index is 1060. The average molecular weight is 392 g/mol. The fourth-order valence-electron chi connectivity index (χ4n) is 3.84. The van der Waals surface area contributed by atoms with E-state index in [4.69, 9.17) is 5.73 Å². The Hall–Kier alpha value is -3.44. The van der Waals surface area contributed by atoms with Crippen LogP contribution in [0.15, 0.2) is 64.4 Å². The largest absolute Gasteiger partial charge is 0.384 e. The van der Waals surface area contributed by atoms with Gasteiger partial charge in [-0.05, 0) is 36.4 Å². The van der Waals surface area contributed by atoms with Crippen LogP contribution in [0.2, 0.25) is 0 Å². The summed E-state index contributed by atoms with van der Waals surface area (Å²) in [7, 11) is 0. The van der Waals surface area contributed by atoms with Crippen molar-refractivity contribution in [1.29, 1.82) is 5.26 Å². The van der Waals surface area contributed by atoms with E-state index in [-0.39, 0.29) is 17.3 Å². The number of carbonyl (C=O) groups excluding carboxylic acids is 1. The van der Waals surface area contributed by atoms with Crippen molar-refractivity contribution in [3.63, 3.8) is 0 Å². The van der Waals surface area contributed by atoms with Gasteiger partial charge in [0, 0.05) is 40.4 Å². The lowest BCUT2D eigenvalue weighted by atomic mass is 9.78. The number of allylic oxidation sites excluding steroid dienone is 3. The van der Waals surface area contributed by atoms with Gasteiger partial charge in [-0.3, -0.25) is 19.8 Å². The summed E-state index contributed by atoms with van der Waals surface area (Å²) in [5.41, 5.74) is 8.70. The van der Waals surface area contributed by atoms with Crippen LogP contribution in [-0.4, -0.2) is 10.7 Å². The molecule has 2 aromatic rings. The van der Waals surface area contributed by atoms with Crippen molar-refractivity contribution in [3.05, 3.63) is 79.4 Å². The third kappa shape index (κ3) is 2.77. The molecular formula is C20H16N4O3S. The van der Waals surface area contributed by atoms with Crippen LogP contribution in [0.25, 0.3) is 0 Å². The number of hydrogen-bond donors (Lipinski definition) is 1. The Labute approximate surface area is 165 Å². The Kier molecular flexibility index (Phi) is 4.45. The van der Waals surface area contributed by atoms with Gasteiger partial charge in [-0.15, -0.1) is 11.3 Å². The summed E-state index contributed by atoms with van der Waals surface area (Å²) in [6, 6.07) is 12.0. The number of thiophene rings is 1. The van der Waals surface area contributed by atoms with Gasteiger partial charge in [0.05, 0.1) is 22.5 Å². The maximum Gasteiger partial charge on any atom is 0.269 e. The molecule has 0 unspecified atom stereocenters. The van der Waals surface area contributed by atoms with Gasteiger partial charge in [-0.25, -0.2) is 0 Å². The summed E-state index contributed by atoms with van der Waals surface area (Å²) in [6.45, 7) is 0. The highest BCUT2D eigenvalue weighted by Gasteiger charge is 2.40. The Morgan fingerprint density at radius 3 is 2.61 bits per heavy atom. The quantitative estimate of drug-likeness (QED) is 0.625. The highest BCUT2D eigenvalue weighted by Crippen LogP contribution is 2.47. The van der Waals surface area contributed by atoms with Crippen molar-refractivity contribution in [2.75, 3.05) is 4.90 Å². The molecule has 1 aromatic carbocycles. The standard InChI is InChI=1S/C20H16N4O3S/c21-11-14-18(17-5-2-10-28-17)19-15(3-1-4-16(19)25)23(20(14)22)12-6-8-13(9-7-12)24(26)27/h2,5-10,18H,1,3-4,22H2/t18-/m0/s1. The number of nitrogens with zero attached hydrogens (tertiary/aromatic N) is 3. The fourth-order valence-corrected chi connectivity index (χ4v) is 4.69. The number of ketones is 1. The van der Waals surface area contributed by atoms with Crippen LogP contribution in [0.1, 0.15) is 30.1 Å². The third-order valence-electron chi connectivity index (χ3n) is 5.06. The van der Waals surface area contributed by atoms with E-state index in [9.17, 15) is 20.2 Å². The number of rotatable bonds is 3. The van der Waals surface area contributed by atoms with Crippen molar-refractivity contribution < 1.29 is 9.72 Å². The number of Topliss-reactive ketones (excluding diaryl/α,β-unsaturated/α-hetero) is 1. The maximum atomic E-state index is 12.9. The SMILES string of the molecule is N#CC1=C(N)N(c2ccc([N+](=O)[O-])cc2)C2=C(C(=O)CCC2)[C@@H]1c1cccs1. The second-order valence-electron chi connectivity index (χ2n) is 6.61. The number of nitriles is 1. The molecule has 4 rings (SSSR count). The molecule has 140 valence electrons. The first-order valence-corrected chi connectivity index (χ1v) is 9.65. The van der Waals surface area contributed by atoms with Gasteiger partial charge < -0.3 is 5.73 Å². The van der Waals surface area contributed by atoms with Crippen molar-refractivity contribution >= 4 is 28.5 Å². The number of carbonyl (C=O) groups is 1. The van der Waals surface area contributed by atoms with E-state index in [1.54, 1.807) is 17.0 Å². The highest BCUT2D eigenvalue weighted by atomic mass is 32.1. The first-order valence-electron chi connectivity index (χ1n) is 8.77. The van der Waals surface area contributed by atoms with Gasteiger partial charge in [0.25, 0.3) is 5.69 Å². The van der Waals surface area contributed by atoms with E-state index >= 15 is 0 Å².